The van der Waals surface area contributed by atoms with Crippen molar-refractivity contribution in [3.8, 4) is 0 Å². The number of hydrogen-bond donors (Lipinski definition) is 1. The highest BCUT2D eigenvalue weighted by molar-refractivity contribution is 7.80. The molecule has 1 saturated heterocycles. The second kappa shape index (κ2) is 3.19. The van der Waals surface area contributed by atoms with Gasteiger partial charge in [-0.3, -0.25) is 0 Å². The van der Waals surface area contributed by atoms with Crippen LogP contribution in [0.15, 0.2) is 0 Å². The Hall–Kier alpha value is -0.310. The van der Waals surface area contributed by atoms with E-state index in [0.29, 0.717) is 6.04 Å². The Morgan fingerprint density at radius 3 is 2.70 bits per heavy atom. The number of hydrogen-bond acceptors (Lipinski definition) is 1. The zero-order valence-electron chi connectivity index (χ0n) is 6.55. The Bertz CT molecular complexity index is 134. The minimum atomic E-state index is 0.542. The van der Waals surface area contributed by atoms with Gasteiger partial charge < -0.3 is 10.2 Å². The predicted molar refractivity (Wildman–Crippen MR) is 47.1 cm³/mol. The Kier molecular flexibility index (Phi) is 2.49. The van der Waals surface area contributed by atoms with Crippen LogP contribution in [0.2, 0.25) is 0 Å². The second-order valence-electron chi connectivity index (χ2n) is 2.87. The first-order valence-corrected chi connectivity index (χ1v) is 4.17. The van der Waals surface area contributed by atoms with Crippen LogP contribution in [0.1, 0.15) is 20.3 Å². The van der Waals surface area contributed by atoms with E-state index in [4.69, 9.17) is 12.2 Å². The minimum absolute atomic E-state index is 0.542. The molecule has 0 aromatic heterocycles. The third-order valence-corrected chi connectivity index (χ3v) is 2.12. The van der Waals surface area contributed by atoms with E-state index in [9.17, 15) is 0 Å². The van der Waals surface area contributed by atoms with Crippen molar-refractivity contribution >= 4 is 17.3 Å². The highest BCUT2D eigenvalue weighted by Gasteiger charge is 2.15. The third-order valence-electron chi connectivity index (χ3n) is 1.74. The van der Waals surface area contributed by atoms with E-state index in [2.05, 4.69) is 24.1 Å². The van der Waals surface area contributed by atoms with Gasteiger partial charge in [0.2, 0.25) is 0 Å². The molecule has 1 aliphatic heterocycles. The molecule has 2 nitrogen and oxygen atoms in total. The van der Waals surface area contributed by atoms with Crippen molar-refractivity contribution in [2.24, 2.45) is 0 Å². The molecule has 1 heterocycles. The lowest BCUT2D eigenvalue weighted by molar-refractivity contribution is 0.318. The van der Waals surface area contributed by atoms with Gasteiger partial charge in [0.25, 0.3) is 0 Å². The van der Waals surface area contributed by atoms with E-state index in [1.54, 1.807) is 0 Å². The van der Waals surface area contributed by atoms with E-state index >= 15 is 0 Å². The maximum atomic E-state index is 5.12. The average molecular weight is 158 g/mol. The van der Waals surface area contributed by atoms with Crippen molar-refractivity contribution in [3.05, 3.63) is 0 Å². The molecule has 0 bridgehead atoms. The number of thiocarbonyl (C=S) groups is 1. The summed E-state index contributed by atoms with van der Waals surface area (Å²) >= 11 is 5.12. The lowest BCUT2D eigenvalue weighted by Crippen LogP contribution is -2.49. The largest absolute Gasteiger partial charge is 0.362 e. The first kappa shape index (κ1) is 7.79. The quantitative estimate of drug-likeness (QED) is 0.573. The zero-order chi connectivity index (χ0) is 7.56. The van der Waals surface area contributed by atoms with Gasteiger partial charge in [-0.2, -0.15) is 0 Å². The Balaban J connectivity index is 2.48. The summed E-state index contributed by atoms with van der Waals surface area (Å²) in [6.45, 7) is 6.49. The monoisotopic (exact) mass is 158 g/mol. The van der Waals surface area contributed by atoms with Crippen LogP contribution in [-0.4, -0.2) is 29.1 Å². The maximum Gasteiger partial charge on any atom is 0.169 e. The summed E-state index contributed by atoms with van der Waals surface area (Å²) in [5.74, 6) is 0. The zero-order valence-corrected chi connectivity index (χ0v) is 7.37. The average Bonchev–Trinajstić information content (AvgIpc) is 1.88. The van der Waals surface area contributed by atoms with Crippen molar-refractivity contribution in [2.75, 3.05) is 13.1 Å². The van der Waals surface area contributed by atoms with Gasteiger partial charge in [-0.15, -0.1) is 0 Å². The van der Waals surface area contributed by atoms with Crippen LogP contribution in [0.5, 0.6) is 0 Å². The molecule has 0 aromatic rings. The number of nitrogens with one attached hydrogen (secondary N) is 1. The smallest absolute Gasteiger partial charge is 0.169 e. The van der Waals surface area contributed by atoms with Gasteiger partial charge in [-0.1, -0.05) is 0 Å². The number of nitrogens with zero attached hydrogens (tertiary/aromatic N) is 1. The molecule has 10 heavy (non-hydrogen) atoms. The Morgan fingerprint density at radius 2 is 2.30 bits per heavy atom. The first-order valence-electron chi connectivity index (χ1n) is 3.76. The molecule has 0 aliphatic carbocycles. The lowest BCUT2D eigenvalue weighted by atomic mass is 10.2. The van der Waals surface area contributed by atoms with Crippen LogP contribution >= 0.6 is 12.2 Å². The Labute approximate surface area is 67.6 Å². The van der Waals surface area contributed by atoms with E-state index < -0.39 is 0 Å². The molecule has 0 spiro atoms. The van der Waals surface area contributed by atoms with Gasteiger partial charge in [-0.25, -0.2) is 0 Å². The van der Waals surface area contributed by atoms with Crippen molar-refractivity contribution in [1.29, 1.82) is 0 Å². The van der Waals surface area contributed by atoms with Gasteiger partial charge in [0.1, 0.15) is 0 Å². The van der Waals surface area contributed by atoms with E-state index in [1.165, 1.54) is 6.42 Å². The normalized spacial score (nSPS) is 19.5. The summed E-state index contributed by atoms with van der Waals surface area (Å²) in [6, 6.07) is 0.542. The SMILES string of the molecule is CC(C)N1CCCNC1=S. The fraction of sp³-hybridized carbons (Fsp3) is 0.857. The second-order valence-corrected chi connectivity index (χ2v) is 3.26. The maximum absolute atomic E-state index is 5.12. The fourth-order valence-corrected chi connectivity index (χ4v) is 1.54. The van der Waals surface area contributed by atoms with Crippen LogP contribution in [0.3, 0.4) is 0 Å². The summed E-state index contributed by atoms with van der Waals surface area (Å²) in [7, 11) is 0. The molecule has 1 N–H and O–H groups in total. The van der Waals surface area contributed by atoms with Crippen LogP contribution < -0.4 is 5.32 Å². The summed E-state index contributed by atoms with van der Waals surface area (Å²) in [5.41, 5.74) is 0. The van der Waals surface area contributed by atoms with E-state index in [0.717, 1.165) is 18.2 Å². The summed E-state index contributed by atoms with van der Waals surface area (Å²) in [5, 5.41) is 4.09. The standard InChI is InChI=1S/C7H14N2S/c1-6(2)9-5-3-4-8-7(9)10/h6H,3-5H2,1-2H3,(H,8,10). The molecule has 0 atom stereocenters. The van der Waals surface area contributed by atoms with E-state index in [-0.39, 0.29) is 0 Å². The van der Waals surface area contributed by atoms with Gasteiger partial charge in [0.05, 0.1) is 0 Å². The van der Waals surface area contributed by atoms with Crippen molar-refractivity contribution in [1.82, 2.24) is 10.2 Å². The van der Waals surface area contributed by atoms with Crippen LogP contribution in [0.25, 0.3) is 0 Å². The molecule has 0 aromatic carbocycles. The molecule has 0 amide bonds. The Morgan fingerprint density at radius 1 is 1.60 bits per heavy atom. The predicted octanol–water partition coefficient (Wildman–Crippen LogP) is 0.975. The molecule has 3 heteroatoms. The first-order chi connectivity index (χ1) is 4.72. The molecular weight excluding hydrogens is 144 g/mol. The van der Waals surface area contributed by atoms with Crippen LogP contribution in [0, 0.1) is 0 Å². The highest BCUT2D eigenvalue weighted by Crippen LogP contribution is 2.03. The summed E-state index contributed by atoms with van der Waals surface area (Å²) in [6.07, 6.45) is 1.21. The molecular formula is C7H14N2S. The topological polar surface area (TPSA) is 15.3 Å². The number of rotatable bonds is 1. The molecule has 1 fully saturated rings. The molecule has 0 radical (unpaired) electrons. The lowest BCUT2D eigenvalue weighted by Gasteiger charge is -2.33. The molecule has 1 rings (SSSR count). The molecule has 1 aliphatic rings. The van der Waals surface area contributed by atoms with Gasteiger partial charge >= 0.3 is 0 Å². The van der Waals surface area contributed by atoms with Gasteiger partial charge in [0.15, 0.2) is 5.11 Å². The van der Waals surface area contributed by atoms with Crippen LogP contribution in [0.4, 0.5) is 0 Å². The molecule has 58 valence electrons. The van der Waals surface area contributed by atoms with Crippen molar-refractivity contribution in [2.45, 2.75) is 26.3 Å². The van der Waals surface area contributed by atoms with Crippen molar-refractivity contribution < 1.29 is 0 Å². The summed E-state index contributed by atoms with van der Waals surface area (Å²) < 4.78 is 0. The fourth-order valence-electron chi connectivity index (χ4n) is 1.14. The summed E-state index contributed by atoms with van der Waals surface area (Å²) in [4.78, 5) is 2.22. The molecule has 0 saturated carbocycles. The van der Waals surface area contributed by atoms with Gasteiger partial charge in [0, 0.05) is 19.1 Å². The van der Waals surface area contributed by atoms with Crippen LogP contribution in [-0.2, 0) is 0 Å². The van der Waals surface area contributed by atoms with Crippen molar-refractivity contribution in [3.63, 3.8) is 0 Å². The minimum Gasteiger partial charge on any atom is -0.362 e. The molecule has 0 unspecified atom stereocenters. The van der Waals surface area contributed by atoms with Gasteiger partial charge in [-0.05, 0) is 32.5 Å². The highest BCUT2D eigenvalue weighted by atomic mass is 32.1. The third kappa shape index (κ3) is 1.59. The van der Waals surface area contributed by atoms with E-state index in [1.807, 2.05) is 0 Å².